The van der Waals surface area contributed by atoms with Gasteiger partial charge in [0.05, 0.1) is 22.9 Å². The van der Waals surface area contributed by atoms with Gasteiger partial charge in [0, 0.05) is 44.5 Å². The smallest absolute Gasteiger partial charge is 0.252 e. The fourth-order valence-electron chi connectivity index (χ4n) is 5.43. The van der Waals surface area contributed by atoms with Crippen molar-refractivity contribution in [3.8, 4) is 6.07 Å². The van der Waals surface area contributed by atoms with Crippen LogP contribution in [0.3, 0.4) is 0 Å². The molecule has 7 heteroatoms. The third kappa shape index (κ3) is 4.61. The molecule has 0 spiro atoms. The zero-order valence-electron chi connectivity index (χ0n) is 22.0. The standard InChI is InChI=1S/C30H32N6O/c1-19-6-8-23(9-7-19)30(25-14-20(2)12-13-32-25)36-18-21(3)35(17-22(36)4)27-15-28(37)34(5)26-11-10-24(16-31)33-29(26)27/h6-15,21-22,30H,17-18H2,1-5H3/t21-,22?,30?/m0/s1. The largest absolute Gasteiger partial charge is 0.364 e. The second-order valence-corrected chi connectivity index (χ2v) is 10.2. The van der Waals surface area contributed by atoms with Gasteiger partial charge >= 0.3 is 0 Å². The van der Waals surface area contributed by atoms with Crippen molar-refractivity contribution < 1.29 is 0 Å². The fraction of sp³-hybridized carbons (Fsp3) is 0.333. The van der Waals surface area contributed by atoms with E-state index in [2.05, 4.69) is 78.9 Å². The highest BCUT2D eigenvalue weighted by Gasteiger charge is 2.36. The number of nitrogens with zero attached hydrogens (tertiary/aromatic N) is 6. The number of benzene rings is 1. The average Bonchev–Trinajstić information content (AvgIpc) is 2.89. The Labute approximate surface area is 217 Å². The first kappa shape index (κ1) is 24.7. The maximum absolute atomic E-state index is 12.9. The van der Waals surface area contributed by atoms with Crippen LogP contribution in [0, 0.1) is 25.2 Å². The number of rotatable bonds is 4. The summed E-state index contributed by atoms with van der Waals surface area (Å²) >= 11 is 0. The van der Waals surface area contributed by atoms with E-state index in [1.54, 1.807) is 23.7 Å². The van der Waals surface area contributed by atoms with Crippen LogP contribution in [0.2, 0.25) is 0 Å². The minimum absolute atomic E-state index is 0.0174. The quantitative estimate of drug-likeness (QED) is 0.417. The number of pyridine rings is 3. The number of aryl methyl sites for hydroxylation is 3. The molecule has 4 heterocycles. The third-order valence-corrected chi connectivity index (χ3v) is 7.47. The van der Waals surface area contributed by atoms with E-state index in [4.69, 9.17) is 4.98 Å². The molecule has 3 aromatic heterocycles. The van der Waals surface area contributed by atoms with Gasteiger partial charge < -0.3 is 9.47 Å². The molecule has 3 atom stereocenters. The molecule has 0 radical (unpaired) electrons. The number of piperazine rings is 1. The van der Waals surface area contributed by atoms with Gasteiger partial charge in [-0.2, -0.15) is 5.26 Å². The molecule has 2 unspecified atom stereocenters. The van der Waals surface area contributed by atoms with Gasteiger partial charge in [0.2, 0.25) is 0 Å². The summed E-state index contributed by atoms with van der Waals surface area (Å²) < 4.78 is 1.59. The molecule has 5 rings (SSSR count). The van der Waals surface area contributed by atoms with Gasteiger partial charge in [0.1, 0.15) is 17.3 Å². The zero-order chi connectivity index (χ0) is 26.3. The van der Waals surface area contributed by atoms with Crippen LogP contribution in [0.4, 0.5) is 5.69 Å². The van der Waals surface area contributed by atoms with Gasteiger partial charge in [-0.1, -0.05) is 29.8 Å². The normalized spacial score (nSPS) is 19.1. The Bertz CT molecular complexity index is 1550. The van der Waals surface area contributed by atoms with Crippen LogP contribution in [0.15, 0.2) is 65.6 Å². The molecular formula is C30H32N6O. The van der Waals surface area contributed by atoms with Crippen molar-refractivity contribution in [3.05, 3.63) is 99.2 Å². The number of hydrogen-bond acceptors (Lipinski definition) is 6. The monoisotopic (exact) mass is 492 g/mol. The minimum atomic E-state index is -0.0854. The van der Waals surface area contributed by atoms with E-state index in [-0.39, 0.29) is 23.7 Å². The van der Waals surface area contributed by atoms with Crippen LogP contribution in [0.1, 0.15) is 48.0 Å². The van der Waals surface area contributed by atoms with E-state index in [0.717, 1.165) is 30.0 Å². The summed E-state index contributed by atoms with van der Waals surface area (Å²) in [4.78, 5) is 27.1. The first-order chi connectivity index (χ1) is 17.8. The topological polar surface area (TPSA) is 78.0 Å². The summed E-state index contributed by atoms with van der Waals surface area (Å²) in [5.41, 5.74) is 7.13. The molecule has 0 N–H and O–H groups in total. The Morgan fingerprint density at radius 3 is 2.43 bits per heavy atom. The van der Waals surface area contributed by atoms with E-state index >= 15 is 0 Å². The lowest BCUT2D eigenvalue weighted by Gasteiger charge is -2.48. The molecule has 1 aliphatic rings. The summed E-state index contributed by atoms with van der Waals surface area (Å²) in [5, 5.41) is 9.46. The first-order valence-electron chi connectivity index (χ1n) is 12.7. The Balaban J connectivity index is 1.56. The molecule has 1 aromatic carbocycles. The van der Waals surface area contributed by atoms with Gasteiger partial charge in [0.15, 0.2) is 0 Å². The predicted molar refractivity (Wildman–Crippen MR) is 147 cm³/mol. The van der Waals surface area contributed by atoms with E-state index in [9.17, 15) is 10.1 Å². The maximum Gasteiger partial charge on any atom is 0.252 e. The van der Waals surface area contributed by atoms with Gasteiger partial charge in [0.25, 0.3) is 5.56 Å². The van der Waals surface area contributed by atoms with E-state index in [1.165, 1.54) is 16.7 Å². The predicted octanol–water partition coefficient (Wildman–Crippen LogP) is 4.51. The van der Waals surface area contributed by atoms with E-state index in [1.807, 2.05) is 18.3 Å². The lowest BCUT2D eigenvalue weighted by Crippen LogP contribution is -2.57. The van der Waals surface area contributed by atoms with Crippen LogP contribution in [-0.2, 0) is 7.05 Å². The Morgan fingerprint density at radius 2 is 1.73 bits per heavy atom. The van der Waals surface area contributed by atoms with Crippen molar-refractivity contribution in [1.29, 1.82) is 5.26 Å². The number of fused-ring (bicyclic) bond motifs is 1. The van der Waals surface area contributed by atoms with Crippen LogP contribution in [-0.4, -0.2) is 44.6 Å². The summed E-state index contributed by atoms with van der Waals surface area (Å²) in [7, 11) is 1.74. The summed E-state index contributed by atoms with van der Waals surface area (Å²) in [5.74, 6) is 0. The van der Waals surface area contributed by atoms with E-state index in [0.29, 0.717) is 11.2 Å². The van der Waals surface area contributed by atoms with Crippen molar-refractivity contribution in [2.75, 3.05) is 18.0 Å². The highest BCUT2D eigenvalue weighted by Crippen LogP contribution is 2.35. The van der Waals surface area contributed by atoms with Gasteiger partial charge in [-0.15, -0.1) is 0 Å². The van der Waals surface area contributed by atoms with Crippen LogP contribution in [0.5, 0.6) is 0 Å². The van der Waals surface area contributed by atoms with Crippen molar-refractivity contribution in [3.63, 3.8) is 0 Å². The lowest BCUT2D eigenvalue weighted by atomic mass is 9.95. The second-order valence-electron chi connectivity index (χ2n) is 10.2. The average molecular weight is 493 g/mol. The highest BCUT2D eigenvalue weighted by molar-refractivity contribution is 5.89. The molecule has 1 fully saturated rings. The van der Waals surface area contributed by atoms with Gasteiger partial charge in [-0.25, -0.2) is 4.98 Å². The molecule has 1 aliphatic heterocycles. The number of aromatic nitrogens is 3. The highest BCUT2D eigenvalue weighted by atomic mass is 16.1. The molecule has 0 saturated carbocycles. The van der Waals surface area contributed by atoms with Crippen molar-refractivity contribution in [2.45, 2.75) is 45.8 Å². The number of anilines is 1. The van der Waals surface area contributed by atoms with Crippen molar-refractivity contribution in [1.82, 2.24) is 19.4 Å². The molecule has 188 valence electrons. The Kier molecular flexibility index (Phi) is 6.53. The van der Waals surface area contributed by atoms with Crippen molar-refractivity contribution in [2.24, 2.45) is 7.05 Å². The Hall–Kier alpha value is -4.02. The summed E-state index contributed by atoms with van der Waals surface area (Å²) in [6.07, 6.45) is 1.89. The molecule has 1 saturated heterocycles. The summed E-state index contributed by atoms with van der Waals surface area (Å²) in [6.45, 7) is 10.1. The lowest BCUT2D eigenvalue weighted by molar-refractivity contribution is 0.128. The van der Waals surface area contributed by atoms with Crippen LogP contribution < -0.4 is 10.5 Å². The van der Waals surface area contributed by atoms with Gasteiger partial charge in [-0.05, 0) is 63.1 Å². The molecule has 0 amide bonds. The number of hydrogen-bond donors (Lipinski definition) is 0. The number of nitriles is 1. The fourth-order valence-corrected chi connectivity index (χ4v) is 5.43. The molecule has 0 aliphatic carbocycles. The molecule has 37 heavy (non-hydrogen) atoms. The van der Waals surface area contributed by atoms with Crippen molar-refractivity contribution >= 4 is 16.7 Å². The van der Waals surface area contributed by atoms with E-state index < -0.39 is 0 Å². The SMILES string of the molecule is Cc1ccc(C(c2cc(C)ccn2)N2C[C@H](C)N(c3cc(=O)n(C)c4ccc(C#N)nc34)CC2C)cc1. The zero-order valence-corrected chi connectivity index (χ0v) is 22.0. The molecular weight excluding hydrogens is 460 g/mol. The van der Waals surface area contributed by atoms with Crippen LogP contribution in [0.25, 0.3) is 11.0 Å². The maximum atomic E-state index is 12.9. The first-order valence-corrected chi connectivity index (χ1v) is 12.7. The second kappa shape index (κ2) is 9.79. The molecule has 7 nitrogen and oxygen atoms in total. The molecule has 4 aromatic rings. The minimum Gasteiger partial charge on any atom is -0.364 e. The van der Waals surface area contributed by atoms with Gasteiger partial charge in [-0.3, -0.25) is 14.7 Å². The summed E-state index contributed by atoms with van der Waals surface area (Å²) in [6, 6.07) is 20.5. The Morgan fingerprint density at radius 1 is 0.973 bits per heavy atom. The molecule has 0 bridgehead atoms. The third-order valence-electron chi connectivity index (χ3n) is 7.47. The van der Waals surface area contributed by atoms with Crippen LogP contribution >= 0.6 is 0 Å².